The monoisotopic (exact) mass is 332 g/mol. The van der Waals surface area contributed by atoms with Crippen molar-refractivity contribution in [2.45, 2.75) is 26.4 Å². The molecule has 4 nitrogen and oxygen atoms in total. The lowest BCUT2D eigenvalue weighted by atomic mass is 10.1. The van der Waals surface area contributed by atoms with Crippen LogP contribution >= 0.6 is 11.3 Å². The van der Waals surface area contributed by atoms with Crippen molar-refractivity contribution >= 4 is 17.3 Å². The van der Waals surface area contributed by atoms with E-state index in [2.05, 4.69) is 40.9 Å². The molecule has 0 saturated carbocycles. The topological polar surface area (TPSA) is 52.6 Å². The molecule has 0 saturated heterocycles. The lowest BCUT2D eigenvalue weighted by molar-refractivity contribution is 0.0697. The maximum absolute atomic E-state index is 10.9. The minimum Gasteiger partial charge on any atom is -0.478 e. The number of carboxylic acid groups (broad SMARTS) is 1. The molecular formula is C18H24N2O2S. The summed E-state index contributed by atoms with van der Waals surface area (Å²) in [6.07, 6.45) is 0. The third kappa shape index (κ3) is 4.89. The molecule has 0 aliphatic carbocycles. The van der Waals surface area contributed by atoms with Gasteiger partial charge in [0.05, 0.1) is 5.56 Å². The van der Waals surface area contributed by atoms with E-state index in [1.807, 2.05) is 12.1 Å². The van der Waals surface area contributed by atoms with Gasteiger partial charge in [0.25, 0.3) is 0 Å². The molecule has 0 amide bonds. The summed E-state index contributed by atoms with van der Waals surface area (Å²) in [5.41, 5.74) is 2.78. The molecule has 2 aromatic rings. The van der Waals surface area contributed by atoms with Crippen molar-refractivity contribution in [2.24, 2.45) is 0 Å². The molecule has 0 bridgehead atoms. The van der Waals surface area contributed by atoms with Gasteiger partial charge >= 0.3 is 5.97 Å². The molecule has 1 aromatic carbocycles. The Morgan fingerprint density at radius 3 is 2.43 bits per heavy atom. The lowest BCUT2D eigenvalue weighted by Crippen LogP contribution is -2.35. The van der Waals surface area contributed by atoms with E-state index in [4.69, 9.17) is 5.11 Å². The van der Waals surface area contributed by atoms with Gasteiger partial charge in [0, 0.05) is 19.1 Å². The zero-order valence-electron chi connectivity index (χ0n) is 13.7. The average Bonchev–Trinajstić information content (AvgIpc) is 3.09. The number of hydrogen-bond acceptors (Lipinski definition) is 4. The van der Waals surface area contributed by atoms with Gasteiger partial charge in [-0.15, -0.1) is 0 Å². The first-order valence-electron chi connectivity index (χ1n) is 7.94. The van der Waals surface area contributed by atoms with Crippen molar-refractivity contribution < 1.29 is 9.90 Å². The van der Waals surface area contributed by atoms with Gasteiger partial charge in [0.2, 0.25) is 0 Å². The first-order chi connectivity index (χ1) is 11.2. The number of hydrogen-bond donors (Lipinski definition) is 2. The molecule has 2 N–H and O–H groups in total. The highest BCUT2D eigenvalue weighted by molar-refractivity contribution is 7.07. The van der Waals surface area contributed by atoms with Gasteiger partial charge in [-0.1, -0.05) is 26.0 Å². The fourth-order valence-corrected chi connectivity index (χ4v) is 3.41. The van der Waals surface area contributed by atoms with E-state index in [1.54, 1.807) is 23.5 Å². The summed E-state index contributed by atoms with van der Waals surface area (Å²) >= 11 is 1.73. The average molecular weight is 332 g/mol. The number of carbonyl (C=O) groups is 1. The van der Waals surface area contributed by atoms with E-state index >= 15 is 0 Å². The summed E-state index contributed by atoms with van der Waals surface area (Å²) in [7, 11) is 0. The van der Waals surface area contributed by atoms with Gasteiger partial charge in [-0.3, -0.25) is 4.90 Å². The third-order valence-corrected chi connectivity index (χ3v) is 4.75. The predicted molar refractivity (Wildman–Crippen MR) is 95.1 cm³/mol. The van der Waals surface area contributed by atoms with Crippen LogP contribution in [0.3, 0.4) is 0 Å². The van der Waals surface area contributed by atoms with E-state index < -0.39 is 5.97 Å². The highest BCUT2D eigenvalue weighted by Gasteiger charge is 2.17. The summed E-state index contributed by atoms with van der Waals surface area (Å²) < 4.78 is 0. The number of nitrogens with zero attached hydrogens (tertiary/aromatic N) is 1. The Hall–Kier alpha value is -1.69. The SMILES string of the molecule is CCN(CC)C(CNCc1ccc(C(=O)O)cc1)c1ccsc1. The Kier molecular flexibility index (Phi) is 6.77. The van der Waals surface area contributed by atoms with Crippen LogP contribution in [0.5, 0.6) is 0 Å². The number of nitrogens with one attached hydrogen (secondary N) is 1. The van der Waals surface area contributed by atoms with E-state index in [-0.39, 0.29) is 0 Å². The third-order valence-electron chi connectivity index (χ3n) is 4.05. The van der Waals surface area contributed by atoms with E-state index in [1.165, 1.54) is 5.56 Å². The number of likely N-dealkylation sites (N-methyl/N-ethyl adjacent to an activating group) is 1. The summed E-state index contributed by atoms with van der Waals surface area (Å²) in [6, 6.07) is 9.60. The number of benzene rings is 1. The number of carboxylic acids is 1. The summed E-state index contributed by atoms with van der Waals surface area (Å²) in [5, 5.41) is 16.8. The molecule has 0 aliphatic rings. The van der Waals surface area contributed by atoms with Gasteiger partial charge in [-0.25, -0.2) is 4.79 Å². The summed E-state index contributed by atoms with van der Waals surface area (Å²) in [4.78, 5) is 13.3. The standard InChI is InChI=1S/C18H24N2O2S/c1-3-20(4-2)17(16-9-10-23-13-16)12-19-11-14-5-7-15(8-6-14)18(21)22/h5-10,13,17,19H,3-4,11-12H2,1-2H3,(H,21,22). The molecule has 0 fully saturated rings. The van der Waals surface area contributed by atoms with Crippen LogP contribution in [0, 0.1) is 0 Å². The normalized spacial score (nSPS) is 12.5. The molecule has 1 atom stereocenters. The van der Waals surface area contributed by atoms with Crippen molar-refractivity contribution in [3.63, 3.8) is 0 Å². The molecule has 0 aliphatic heterocycles. The number of thiophene rings is 1. The van der Waals surface area contributed by atoms with Gasteiger partial charge in [0.15, 0.2) is 0 Å². The fraction of sp³-hybridized carbons (Fsp3) is 0.389. The number of aromatic carboxylic acids is 1. The Labute approximate surface area is 141 Å². The highest BCUT2D eigenvalue weighted by atomic mass is 32.1. The fourth-order valence-electron chi connectivity index (χ4n) is 2.71. The van der Waals surface area contributed by atoms with Crippen LogP contribution in [0.4, 0.5) is 0 Å². The maximum Gasteiger partial charge on any atom is 0.335 e. The molecule has 0 spiro atoms. The quantitative estimate of drug-likeness (QED) is 0.736. The van der Waals surface area contributed by atoms with E-state index in [0.29, 0.717) is 11.6 Å². The van der Waals surface area contributed by atoms with Gasteiger partial charge < -0.3 is 10.4 Å². The van der Waals surface area contributed by atoms with Crippen LogP contribution in [0.1, 0.15) is 41.4 Å². The second kappa shape index (κ2) is 8.82. The van der Waals surface area contributed by atoms with Crippen LogP contribution < -0.4 is 5.32 Å². The molecule has 1 aromatic heterocycles. The van der Waals surface area contributed by atoms with Crippen LogP contribution in [0.2, 0.25) is 0 Å². The highest BCUT2D eigenvalue weighted by Crippen LogP contribution is 2.22. The number of rotatable bonds is 9. The van der Waals surface area contributed by atoms with E-state index in [9.17, 15) is 4.79 Å². The molecule has 23 heavy (non-hydrogen) atoms. The van der Waals surface area contributed by atoms with Crippen molar-refractivity contribution in [3.05, 3.63) is 57.8 Å². The molecule has 124 valence electrons. The molecule has 1 heterocycles. The smallest absolute Gasteiger partial charge is 0.335 e. The van der Waals surface area contributed by atoms with Crippen molar-refractivity contribution in [2.75, 3.05) is 19.6 Å². The Morgan fingerprint density at radius 2 is 1.91 bits per heavy atom. The molecule has 1 unspecified atom stereocenters. The van der Waals surface area contributed by atoms with Gasteiger partial charge in [0.1, 0.15) is 0 Å². The Balaban J connectivity index is 1.94. The minimum atomic E-state index is -0.886. The van der Waals surface area contributed by atoms with Crippen LogP contribution in [-0.4, -0.2) is 35.6 Å². The lowest BCUT2D eigenvalue weighted by Gasteiger charge is -2.29. The van der Waals surface area contributed by atoms with E-state index in [0.717, 1.165) is 31.7 Å². The second-order valence-corrected chi connectivity index (χ2v) is 6.21. The first-order valence-corrected chi connectivity index (χ1v) is 8.89. The van der Waals surface area contributed by atoms with Crippen molar-refractivity contribution in [1.29, 1.82) is 0 Å². The molecule has 2 rings (SSSR count). The predicted octanol–water partition coefficient (Wildman–Crippen LogP) is 3.62. The van der Waals surface area contributed by atoms with Crippen LogP contribution in [-0.2, 0) is 6.54 Å². The van der Waals surface area contributed by atoms with Gasteiger partial charge in [-0.05, 0) is 53.2 Å². The van der Waals surface area contributed by atoms with Crippen molar-refractivity contribution in [1.82, 2.24) is 10.2 Å². The molecule has 5 heteroatoms. The molecular weight excluding hydrogens is 308 g/mol. The maximum atomic E-state index is 10.9. The van der Waals surface area contributed by atoms with Gasteiger partial charge in [-0.2, -0.15) is 11.3 Å². The Bertz CT molecular complexity index is 592. The largest absolute Gasteiger partial charge is 0.478 e. The second-order valence-electron chi connectivity index (χ2n) is 5.43. The zero-order valence-corrected chi connectivity index (χ0v) is 14.5. The van der Waals surface area contributed by atoms with Crippen LogP contribution in [0.15, 0.2) is 41.1 Å². The molecule has 0 radical (unpaired) electrons. The van der Waals surface area contributed by atoms with Crippen molar-refractivity contribution in [3.8, 4) is 0 Å². The first kappa shape index (κ1) is 17.7. The summed E-state index contributed by atoms with van der Waals surface area (Å²) in [5.74, 6) is -0.886. The minimum absolute atomic E-state index is 0.327. The zero-order chi connectivity index (χ0) is 16.7. The van der Waals surface area contributed by atoms with Crippen LogP contribution in [0.25, 0.3) is 0 Å². The Morgan fingerprint density at radius 1 is 1.22 bits per heavy atom. The summed E-state index contributed by atoms with van der Waals surface area (Å²) in [6.45, 7) is 8.03.